The van der Waals surface area contributed by atoms with Gasteiger partial charge in [-0.3, -0.25) is 9.59 Å². The number of methoxy groups -OCH3 is 1. The predicted octanol–water partition coefficient (Wildman–Crippen LogP) is 3.84. The standard InChI is InChI=1S/C19H18ClF3N2O4/c1-25(18(27)11-29-14-6-4-13(28-2)5-7-14)10-17(26)24-12-3-8-16(20)15(9-12)19(21,22)23/h3-9H,10-11H2,1-2H3,(H,24,26). The SMILES string of the molecule is COc1ccc(OCC(=O)N(C)CC(=O)Nc2ccc(Cl)c(C(F)(F)F)c2)cc1. The van der Waals surface area contributed by atoms with Crippen LogP contribution in [0.15, 0.2) is 42.5 Å². The molecule has 0 unspecified atom stereocenters. The lowest BCUT2D eigenvalue weighted by molar-refractivity contribution is -0.137. The summed E-state index contributed by atoms with van der Waals surface area (Å²) in [5.74, 6) is -0.0741. The summed E-state index contributed by atoms with van der Waals surface area (Å²) < 4.78 is 49.0. The highest BCUT2D eigenvalue weighted by Gasteiger charge is 2.33. The second-order valence-electron chi connectivity index (χ2n) is 5.95. The van der Waals surface area contributed by atoms with Gasteiger partial charge in [0.25, 0.3) is 5.91 Å². The van der Waals surface area contributed by atoms with Gasteiger partial charge in [-0.15, -0.1) is 0 Å². The fraction of sp³-hybridized carbons (Fsp3) is 0.263. The Balaban J connectivity index is 1.88. The topological polar surface area (TPSA) is 67.9 Å². The van der Waals surface area contributed by atoms with Crippen molar-refractivity contribution in [3.05, 3.63) is 53.1 Å². The van der Waals surface area contributed by atoms with E-state index in [9.17, 15) is 22.8 Å². The van der Waals surface area contributed by atoms with E-state index in [-0.39, 0.29) is 18.8 Å². The first kappa shape index (κ1) is 22.4. The fourth-order valence-electron chi connectivity index (χ4n) is 2.25. The molecular formula is C19H18ClF3N2O4. The Labute approximate surface area is 170 Å². The van der Waals surface area contributed by atoms with Crippen molar-refractivity contribution in [3.63, 3.8) is 0 Å². The summed E-state index contributed by atoms with van der Waals surface area (Å²) in [6.07, 6.45) is -4.65. The summed E-state index contributed by atoms with van der Waals surface area (Å²) in [6, 6.07) is 9.59. The number of rotatable bonds is 7. The molecule has 0 atom stereocenters. The minimum atomic E-state index is -4.65. The molecule has 0 spiro atoms. The second kappa shape index (κ2) is 9.51. The van der Waals surface area contributed by atoms with E-state index < -0.39 is 28.6 Å². The van der Waals surface area contributed by atoms with Crippen LogP contribution in [0.2, 0.25) is 5.02 Å². The third-order valence-corrected chi connectivity index (χ3v) is 4.11. The van der Waals surface area contributed by atoms with E-state index >= 15 is 0 Å². The quantitative estimate of drug-likeness (QED) is 0.724. The average Bonchev–Trinajstić information content (AvgIpc) is 2.67. The summed E-state index contributed by atoms with van der Waals surface area (Å²) in [5.41, 5.74) is -1.14. The van der Waals surface area contributed by atoms with Crippen molar-refractivity contribution in [1.29, 1.82) is 0 Å². The summed E-state index contributed by atoms with van der Waals surface area (Å²) >= 11 is 5.54. The molecule has 10 heteroatoms. The van der Waals surface area contributed by atoms with Crippen LogP contribution >= 0.6 is 11.6 Å². The minimum Gasteiger partial charge on any atom is -0.497 e. The van der Waals surface area contributed by atoms with E-state index in [0.29, 0.717) is 11.5 Å². The number of likely N-dealkylation sites (N-methyl/N-ethyl adjacent to an activating group) is 1. The largest absolute Gasteiger partial charge is 0.497 e. The molecule has 0 aliphatic rings. The molecule has 0 aromatic heterocycles. The van der Waals surface area contributed by atoms with Crippen LogP contribution in [0.4, 0.5) is 18.9 Å². The number of carbonyl (C=O) groups excluding carboxylic acids is 2. The van der Waals surface area contributed by atoms with Crippen LogP contribution in [0.5, 0.6) is 11.5 Å². The van der Waals surface area contributed by atoms with Gasteiger partial charge in [-0.05, 0) is 42.5 Å². The van der Waals surface area contributed by atoms with Gasteiger partial charge in [0, 0.05) is 12.7 Å². The van der Waals surface area contributed by atoms with Crippen LogP contribution in [-0.4, -0.2) is 44.0 Å². The van der Waals surface area contributed by atoms with Crippen molar-refractivity contribution in [2.45, 2.75) is 6.18 Å². The number of ether oxygens (including phenoxy) is 2. The Morgan fingerprint density at radius 3 is 2.31 bits per heavy atom. The van der Waals surface area contributed by atoms with Gasteiger partial charge in [-0.25, -0.2) is 0 Å². The molecule has 0 radical (unpaired) electrons. The van der Waals surface area contributed by atoms with Crippen LogP contribution in [0.1, 0.15) is 5.56 Å². The molecule has 1 N–H and O–H groups in total. The number of halogens is 4. The maximum absolute atomic E-state index is 12.9. The number of amides is 2. The maximum atomic E-state index is 12.9. The van der Waals surface area contributed by atoms with Crippen molar-refractivity contribution in [2.24, 2.45) is 0 Å². The number of anilines is 1. The van der Waals surface area contributed by atoms with Gasteiger partial charge >= 0.3 is 6.18 Å². The van der Waals surface area contributed by atoms with Gasteiger partial charge in [0.1, 0.15) is 11.5 Å². The Morgan fingerprint density at radius 1 is 1.10 bits per heavy atom. The second-order valence-corrected chi connectivity index (χ2v) is 6.36. The van der Waals surface area contributed by atoms with Gasteiger partial charge in [-0.2, -0.15) is 13.2 Å². The van der Waals surface area contributed by atoms with E-state index in [0.717, 1.165) is 17.0 Å². The smallest absolute Gasteiger partial charge is 0.417 e. The fourth-order valence-corrected chi connectivity index (χ4v) is 2.48. The molecule has 2 rings (SSSR count). The molecule has 0 saturated heterocycles. The minimum absolute atomic E-state index is 0.0814. The van der Waals surface area contributed by atoms with Crippen molar-refractivity contribution < 1.29 is 32.2 Å². The summed E-state index contributed by atoms with van der Waals surface area (Å²) in [5, 5.41) is 1.83. The zero-order valence-electron chi connectivity index (χ0n) is 15.5. The molecule has 0 bridgehead atoms. The first-order valence-corrected chi connectivity index (χ1v) is 8.65. The van der Waals surface area contributed by atoms with Crippen LogP contribution in [-0.2, 0) is 15.8 Å². The van der Waals surface area contributed by atoms with Crippen LogP contribution in [0.25, 0.3) is 0 Å². The van der Waals surface area contributed by atoms with Crippen LogP contribution in [0, 0.1) is 0 Å². The molecule has 2 amide bonds. The monoisotopic (exact) mass is 430 g/mol. The summed E-state index contributed by atoms with van der Waals surface area (Å²) in [7, 11) is 2.90. The Bertz CT molecular complexity index is 873. The van der Waals surface area contributed by atoms with E-state index in [4.69, 9.17) is 21.1 Å². The zero-order valence-corrected chi connectivity index (χ0v) is 16.3. The highest BCUT2D eigenvalue weighted by Crippen LogP contribution is 2.36. The van der Waals surface area contributed by atoms with Gasteiger partial charge in [-0.1, -0.05) is 11.6 Å². The molecule has 2 aromatic rings. The number of alkyl halides is 3. The normalized spacial score (nSPS) is 11.0. The summed E-state index contributed by atoms with van der Waals surface area (Å²) in [4.78, 5) is 25.2. The summed E-state index contributed by atoms with van der Waals surface area (Å²) in [6.45, 7) is -0.677. The van der Waals surface area contributed by atoms with E-state index in [1.54, 1.807) is 24.3 Å². The molecule has 29 heavy (non-hydrogen) atoms. The molecule has 0 aliphatic carbocycles. The molecule has 0 heterocycles. The molecule has 0 aliphatic heterocycles. The van der Waals surface area contributed by atoms with Crippen molar-refractivity contribution >= 4 is 29.1 Å². The number of benzene rings is 2. The van der Waals surface area contributed by atoms with Gasteiger partial charge in [0.2, 0.25) is 5.91 Å². The van der Waals surface area contributed by atoms with Crippen molar-refractivity contribution in [1.82, 2.24) is 4.90 Å². The maximum Gasteiger partial charge on any atom is 0.417 e. The van der Waals surface area contributed by atoms with E-state index in [1.807, 2.05) is 0 Å². The molecule has 156 valence electrons. The van der Waals surface area contributed by atoms with Gasteiger partial charge in [0.05, 0.1) is 24.2 Å². The molecular weight excluding hydrogens is 413 g/mol. The number of carbonyl (C=O) groups is 2. The van der Waals surface area contributed by atoms with Crippen LogP contribution < -0.4 is 14.8 Å². The molecule has 2 aromatic carbocycles. The lowest BCUT2D eigenvalue weighted by Crippen LogP contribution is -2.37. The first-order chi connectivity index (χ1) is 13.6. The lowest BCUT2D eigenvalue weighted by Gasteiger charge is -2.18. The number of nitrogens with one attached hydrogen (secondary N) is 1. The number of nitrogens with zero attached hydrogens (tertiary/aromatic N) is 1. The predicted molar refractivity (Wildman–Crippen MR) is 101 cm³/mol. The first-order valence-electron chi connectivity index (χ1n) is 8.27. The van der Waals surface area contributed by atoms with E-state index in [2.05, 4.69) is 5.32 Å². The van der Waals surface area contributed by atoms with Gasteiger partial charge in [0.15, 0.2) is 6.61 Å². The lowest BCUT2D eigenvalue weighted by atomic mass is 10.2. The highest BCUT2D eigenvalue weighted by atomic mass is 35.5. The third kappa shape index (κ3) is 6.56. The molecule has 6 nitrogen and oxygen atoms in total. The zero-order chi connectivity index (χ0) is 21.6. The Morgan fingerprint density at radius 2 is 1.72 bits per heavy atom. The Kier molecular flexibility index (Phi) is 7.33. The average molecular weight is 431 g/mol. The van der Waals surface area contributed by atoms with Crippen LogP contribution in [0.3, 0.4) is 0 Å². The van der Waals surface area contributed by atoms with Crippen molar-refractivity contribution in [3.8, 4) is 11.5 Å². The Hall–Kier alpha value is -2.94. The van der Waals surface area contributed by atoms with E-state index in [1.165, 1.54) is 20.2 Å². The molecule has 0 fully saturated rings. The number of hydrogen-bond donors (Lipinski definition) is 1. The third-order valence-electron chi connectivity index (χ3n) is 3.78. The van der Waals surface area contributed by atoms with Gasteiger partial charge < -0.3 is 19.7 Å². The number of hydrogen-bond acceptors (Lipinski definition) is 4. The van der Waals surface area contributed by atoms with Crippen molar-refractivity contribution in [2.75, 3.05) is 32.6 Å². The molecule has 0 saturated carbocycles. The highest BCUT2D eigenvalue weighted by molar-refractivity contribution is 6.31.